The summed E-state index contributed by atoms with van der Waals surface area (Å²) in [6, 6.07) is 9.42. The van der Waals surface area contributed by atoms with Gasteiger partial charge in [-0.3, -0.25) is 4.90 Å². The molecule has 0 spiro atoms. The van der Waals surface area contributed by atoms with Crippen molar-refractivity contribution in [3.05, 3.63) is 35.4 Å². The Kier molecular flexibility index (Phi) is 4.11. The molecular formula is C18H27NO2S. The van der Waals surface area contributed by atoms with E-state index in [1.165, 1.54) is 23.8 Å². The second-order valence-corrected chi connectivity index (χ2v) is 9.83. The van der Waals surface area contributed by atoms with Crippen molar-refractivity contribution in [2.24, 2.45) is 5.41 Å². The number of hydrogen-bond acceptors (Lipinski definition) is 3. The number of likely N-dealkylation sites (tertiary alicyclic amines) is 1. The van der Waals surface area contributed by atoms with Gasteiger partial charge in [-0.2, -0.15) is 0 Å². The fourth-order valence-electron chi connectivity index (χ4n) is 3.91. The highest BCUT2D eigenvalue weighted by atomic mass is 32.2. The van der Waals surface area contributed by atoms with Crippen LogP contribution in [0, 0.1) is 12.3 Å². The van der Waals surface area contributed by atoms with Crippen LogP contribution in [0.2, 0.25) is 0 Å². The molecule has 1 aliphatic carbocycles. The Morgan fingerprint density at radius 2 is 1.86 bits per heavy atom. The van der Waals surface area contributed by atoms with Crippen molar-refractivity contribution in [2.75, 3.05) is 25.1 Å². The molecule has 1 saturated carbocycles. The van der Waals surface area contributed by atoms with Gasteiger partial charge >= 0.3 is 0 Å². The first-order valence-electron chi connectivity index (χ1n) is 8.25. The zero-order valence-corrected chi connectivity index (χ0v) is 14.7. The molecule has 0 bridgehead atoms. The molecule has 1 heterocycles. The molecule has 3 rings (SSSR count). The Morgan fingerprint density at radius 1 is 1.23 bits per heavy atom. The third kappa shape index (κ3) is 3.72. The standard InChI is InChI=1S/C18H27NO2S/c1-14-4-6-16(7-5-14)17-10-15(2)19(11-17)12-18(8-9-18)13-22(3,20)21/h4-7,15,17H,8-13H2,1-3H3/t15-,17-/m1/s1. The van der Waals surface area contributed by atoms with Crippen molar-refractivity contribution >= 4 is 9.84 Å². The van der Waals surface area contributed by atoms with Gasteiger partial charge in [-0.25, -0.2) is 8.42 Å². The van der Waals surface area contributed by atoms with Crippen LogP contribution in [0.4, 0.5) is 0 Å². The molecule has 1 saturated heterocycles. The van der Waals surface area contributed by atoms with Crippen molar-refractivity contribution in [1.82, 2.24) is 4.90 Å². The first-order chi connectivity index (χ1) is 10.3. The SMILES string of the molecule is Cc1ccc([C@@H]2C[C@@H](C)N(CC3(CS(C)(=O)=O)CC3)C2)cc1. The molecule has 122 valence electrons. The minimum absolute atomic E-state index is 0.0456. The lowest BCUT2D eigenvalue weighted by Crippen LogP contribution is -2.36. The summed E-state index contributed by atoms with van der Waals surface area (Å²) in [4.78, 5) is 2.52. The normalized spacial score (nSPS) is 28.0. The third-order valence-electron chi connectivity index (χ3n) is 5.32. The molecule has 0 unspecified atom stereocenters. The van der Waals surface area contributed by atoms with Crippen LogP contribution in [0.25, 0.3) is 0 Å². The summed E-state index contributed by atoms with van der Waals surface area (Å²) in [5.41, 5.74) is 2.77. The van der Waals surface area contributed by atoms with Gasteiger partial charge in [-0.1, -0.05) is 29.8 Å². The zero-order chi connectivity index (χ0) is 16.0. The molecule has 0 amide bonds. The Morgan fingerprint density at radius 3 is 2.41 bits per heavy atom. The maximum absolute atomic E-state index is 11.6. The highest BCUT2D eigenvalue weighted by Crippen LogP contribution is 2.49. The van der Waals surface area contributed by atoms with Crippen molar-refractivity contribution in [3.63, 3.8) is 0 Å². The van der Waals surface area contributed by atoms with Gasteiger partial charge in [0.25, 0.3) is 0 Å². The van der Waals surface area contributed by atoms with E-state index in [4.69, 9.17) is 0 Å². The Bertz CT molecular complexity index is 632. The average Bonchev–Trinajstić information content (AvgIpc) is 3.04. The number of sulfone groups is 1. The van der Waals surface area contributed by atoms with E-state index in [2.05, 4.69) is 43.0 Å². The van der Waals surface area contributed by atoms with Crippen LogP contribution in [0.3, 0.4) is 0 Å². The monoisotopic (exact) mass is 321 g/mol. The third-order valence-corrected chi connectivity index (χ3v) is 6.45. The summed E-state index contributed by atoms with van der Waals surface area (Å²) < 4.78 is 23.3. The fourth-order valence-corrected chi connectivity index (χ4v) is 5.40. The van der Waals surface area contributed by atoms with Gasteiger partial charge in [-0.15, -0.1) is 0 Å². The number of nitrogens with zero attached hydrogens (tertiary/aromatic N) is 1. The number of hydrogen-bond donors (Lipinski definition) is 0. The molecule has 2 fully saturated rings. The lowest BCUT2D eigenvalue weighted by Gasteiger charge is -2.26. The zero-order valence-electron chi connectivity index (χ0n) is 13.9. The lowest BCUT2D eigenvalue weighted by molar-refractivity contribution is 0.222. The van der Waals surface area contributed by atoms with Crippen molar-refractivity contribution < 1.29 is 8.42 Å². The summed E-state index contributed by atoms with van der Waals surface area (Å²) in [7, 11) is -2.88. The molecule has 1 aromatic rings. The van der Waals surface area contributed by atoms with Gasteiger partial charge in [-0.05, 0) is 50.0 Å². The first-order valence-corrected chi connectivity index (χ1v) is 10.3. The molecule has 1 aromatic carbocycles. The summed E-state index contributed by atoms with van der Waals surface area (Å²) in [6.45, 7) is 6.42. The Balaban J connectivity index is 1.65. The Labute approximate surface area is 134 Å². The van der Waals surface area contributed by atoms with Crippen LogP contribution in [-0.2, 0) is 9.84 Å². The number of benzene rings is 1. The highest BCUT2D eigenvalue weighted by molar-refractivity contribution is 7.90. The number of rotatable bonds is 5. The van der Waals surface area contributed by atoms with Gasteiger partial charge < -0.3 is 0 Å². The van der Waals surface area contributed by atoms with Gasteiger partial charge in [0.1, 0.15) is 9.84 Å². The van der Waals surface area contributed by atoms with Gasteiger partial charge in [0.2, 0.25) is 0 Å². The van der Waals surface area contributed by atoms with E-state index in [9.17, 15) is 8.42 Å². The molecule has 4 heteroatoms. The van der Waals surface area contributed by atoms with Crippen LogP contribution in [0.15, 0.2) is 24.3 Å². The second kappa shape index (κ2) is 5.64. The second-order valence-electron chi connectivity index (χ2n) is 7.69. The summed E-state index contributed by atoms with van der Waals surface area (Å²) >= 11 is 0. The van der Waals surface area contributed by atoms with Crippen LogP contribution >= 0.6 is 0 Å². The number of aryl methyl sites for hydroxylation is 1. The molecule has 0 radical (unpaired) electrons. The molecule has 2 aliphatic rings. The molecule has 1 aliphatic heterocycles. The predicted molar refractivity (Wildman–Crippen MR) is 90.9 cm³/mol. The van der Waals surface area contributed by atoms with E-state index in [1.807, 2.05) is 0 Å². The molecule has 0 N–H and O–H groups in total. The summed E-state index contributed by atoms with van der Waals surface area (Å²) in [5, 5.41) is 0. The van der Waals surface area contributed by atoms with Crippen molar-refractivity contribution in [2.45, 2.75) is 45.1 Å². The Hall–Kier alpha value is -0.870. The summed E-state index contributed by atoms with van der Waals surface area (Å²) in [5.74, 6) is 0.947. The van der Waals surface area contributed by atoms with Gasteiger partial charge in [0.15, 0.2) is 0 Å². The summed E-state index contributed by atoms with van der Waals surface area (Å²) in [6.07, 6.45) is 4.69. The fraction of sp³-hybridized carbons (Fsp3) is 0.667. The minimum atomic E-state index is -2.88. The lowest BCUT2D eigenvalue weighted by atomic mass is 9.96. The molecule has 22 heavy (non-hydrogen) atoms. The van der Waals surface area contributed by atoms with E-state index >= 15 is 0 Å². The van der Waals surface area contributed by atoms with E-state index in [0.29, 0.717) is 17.7 Å². The van der Waals surface area contributed by atoms with Crippen LogP contribution in [0.5, 0.6) is 0 Å². The van der Waals surface area contributed by atoms with Crippen LogP contribution in [-0.4, -0.2) is 44.5 Å². The smallest absolute Gasteiger partial charge is 0.148 e. The highest BCUT2D eigenvalue weighted by Gasteiger charge is 2.48. The van der Waals surface area contributed by atoms with Gasteiger partial charge in [0.05, 0.1) is 5.75 Å². The minimum Gasteiger partial charge on any atom is -0.299 e. The first kappa shape index (κ1) is 16.0. The quantitative estimate of drug-likeness (QED) is 0.836. The van der Waals surface area contributed by atoms with Crippen LogP contribution < -0.4 is 0 Å². The molecule has 2 atom stereocenters. The van der Waals surface area contributed by atoms with E-state index in [-0.39, 0.29) is 5.41 Å². The van der Waals surface area contributed by atoms with E-state index in [1.54, 1.807) is 0 Å². The van der Waals surface area contributed by atoms with E-state index < -0.39 is 9.84 Å². The predicted octanol–water partition coefficient (Wildman–Crippen LogP) is 3.00. The topological polar surface area (TPSA) is 37.4 Å². The molecule has 0 aromatic heterocycles. The van der Waals surface area contributed by atoms with E-state index in [0.717, 1.165) is 25.9 Å². The molecule has 3 nitrogen and oxygen atoms in total. The van der Waals surface area contributed by atoms with Crippen LogP contribution in [0.1, 0.15) is 43.2 Å². The maximum atomic E-state index is 11.6. The van der Waals surface area contributed by atoms with Crippen molar-refractivity contribution in [1.29, 1.82) is 0 Å². The molecular weight excluding hydrogens is 294 g/mol. The average molecular weight is 321 g/mol. The maximum Gasteiger partial charge on any atom is 0.148 e. The largest absolute Gasteiger partial charge is 0.299 e. The van der Waals surface area contributed by atoms with Crippen molar-refractivity contribution in [3.8, 4) is 0 Å². The van der Waals surface area contributed by atoms with Gasteiger partial charge in [0, 0.05) is 25.4 Å².